The first-order valence-corrected chi connectivity index (χ1v) is 7.91. The smallest absolute Gasteiger partial charge is 0.0897 e. The average Bonchev–Trinajstić information content (AvgIpc) is 2.80. The highest BCUT2D eigenvalue weighted by Gasteiger charge is 2.19. The third-order valence-electron chi connectivity index (χ3n) is 3.37. The molecule has 3 nitrogen and oxygen atoms in total. The van der Waals surface area contributed by atoms with Gasteiger partial charge in [0.05, 0.1) is 16.8 Å². The fourth-order valence-electron chi connectivity index (χ4n) is 2.43. The van der Waals surface area contributed by atoms with E-state index in [2.05, 4.69) is 29.1 Å². The van der Waals surface area contributed by atoms with Gasteiger partial charge in [0.15, 0.2) is 0 Å². The number of ether oxygens (including phenoxy) is 1. The summed E-state index contributed by atoms with van der Waals surface area (Å²) < 4.78 is 5.86. The Bertz CT molecular complexity index is 353. The van der Waals surface area contributed by atoms with Gasteiger partial charge in [-0.2, -0.15) is 0 Å². The summed E-state index contributed by atoms with van der Waals surface area (Å²) in [5, 5.41) is 3.36. The van der Waals surface area contributed by atoms with Crippen molar-refractivity contribution in [1.82, 2.24) is 9.88 Å². The van der Waals surface area contributed by atoms with Gasteiger partial charge in [-0.05, 0) is 32.7 Å². The molecule has 1 fully saturated rings. The Labute approximate surface area is 114 Å². The highest BCUT2D eigenvalue weighted by molar-refractivity contribution is 7.09. The van der Waals surface area contributed by atoms with E-state index in [1.807, 2.05) is 0 Å². The molecule has 1 aliphatic heterocycles. The van der Waals surface area contributed by atoms with E-state index >= 15 is 0 Å². The van der Waals surface area contributed by atoms with Crippen molar-refractivity contribution in [3.05, 3.63) is 16.1 Å². The van der Waals surface area contributed by atoms with Crippen LogP contribution in [0.5, 0.6) is 0 Å². The van der Waals surface area contributed by atoms with Crippen LogP contribution in [0.4, 0.5) is 0 Å². The van der Waals surface area contributed by atoms with Crippen molar-refractivity contribution in [3.63, 3.8) is 0 Å². The number of aromatic nitrogens is 1. The first-order valence-electron chi connectivity index (χ1n) is 7.03. The number of likely N-dealkylation sites (tertiary alicyclic amines) is 1. The third-order valence-corrected chi connectivity index (χ3v) is 4.19. The maximum Gasteiger partial charge on any atom is 0.0897 e. The molecule has 0 aromatic carbocycles. The van der Waals surface area contributed by atoms with Crippen LogP contribution in [0.2, 0.25) is 0 Å². The summed E-state index contributed by atoms with van der Waals surface area (Å²) in [5.41, 5.74) is 1.24. The van der Waals surface area contributed by atoms with Crippen LogP contribution in [0.15, 0.2) is 5.38 Å². The normalized spacial score (nSPS) is 21.3. The predicted molar refractivity (Wildman–Crippen MR) is 76.3 cm³/mol. The molecule has 0 spiro atoms. The lowest BCUT2D eigenvalue weighted by Crippen LogP contribution is -2.40. The van der Waals surface area contributed by atoms with Gasteiger partial charge in [-0.3, -0.25) is 0 Å². The Morgan fingerprint density at radius 1 is 1.56 bits per heavy atom. The minimum atomic E-state index is 0.455. The molecule has 0 aliphatic carbocycles. The van der Waals surface area contributed by atoms with Crippen molar-refractivity contribution in [2.24, 2.45) is 0 Å². The maximum atomic E-state index is 5.86. The molecule has 0 saturated carbocycles. The van der Waals surface area contributed by atoms with Gasteiger partial charge in [0.25, 0.3) is 0 Å². The van der Waals surface area contributed by atoms with Gasteiger partial charge < -0.3 is 9.64 Å². The Morgan fingerprint density at radius 2 is 2.44 bits per heavy atom. The highest BCUT2D eigenvalue weighted by atomic mass is 32.1. The topological polar surface area (TPSA) is 25.4 Å². The number of rotatable bonds is 6. The van der Waals surface area contributed by atoms with Gasteiger partial charge in [0.1, 0.15) is 0 Å². The van der Waals surface area contributed by atoms with E-state index in [-0.39, 0.29) is 0 Å². The van der Waals surface area contributed by atoms with E-state index in [1.165, 1.54) is 30.1 Å². The van der Waals surface area contributed by atoms with Crippen LogP contribution < -0.4 is 0 Å². The lowest BCUT2D eigenvalue weighted by molar-refractivity contribution is 0.000276. The summed E-state index contributed by atoms with van der Waals surface area (Å²) >= 11 is 1.75. The Kier molecular flexibility index (Phi) is 5.60. The van der Waals surface area contributed by atoms with Crippen LogP contribution in [-0.4, -0.2) is 42.2 Å². The summed E-state index contributed by atoms with van der Waals surface area (Å²) in [4.78, 5) is 7.05. The summed E-state index contributed by atoms with van der Waals surface area (Å²) in [6.07, 6.45) is 5.15. The monoisotopic (exact) mass is 268 g/mol. The molecule has 4 heteroatoms. The second kappa shape index (κ2) is 7.22. The highest BCUT2D eigenvalue weighted by Crippen LogP contribution is 2.15. The number of nitrogens with zero attached hydrogens (tertiary/aromatic N) is 2. The molecule has 1 unspecified atom stereocenters. The van der Waals surface area contributed by atoms with Crippen LogP contribution in [0.1, 0.15) is 36.9 Å². The number of hydrogen-bond donors (Lipinski definition) is 0. The molecule has 1 saturated heterocycles. The average molecular weight is 268 g/mol. The van der Waals surface area contributed by atoms with Gasteiger partial charge >= 0.3 is 0 Å². The largest absolute Gasteiger partial charge is 0.377 e. The SMILES string of the molecule is CCCOC1CCCN(CCc2csc(C)n2)C1. The van der Waals surface area contributed by atoms with Crippen LogP contribution in [0.25, 0.3) is 0 Å². The molecule has 1 atom stereocenters. The molecular formula is C14H24N2OS. The van der Waals surface area contributed by atoms with E-state index in [1.54, 1.807) is 11.3 Å². The Balaban J connectivity index is 1.72. The van der Waals surface area contributed by atoms with Gasteiger partial charge in [-0.15, -0.1) is 11.3 Å². The lowest BCUT2D eigenvalue weighted by Gasteiger charge is -2.32. The first kappa shape index (κ1) is 14.0. The molecule has 0 radical (unpaired) electrons. The van der Waals surface area contributed by atoms with Crippen LogP contribution in [0, 0.1) is 6.92 Å². The molecule has 0 amide bonds. The van der Waals surface area contributed by atoms with Crippen molar-refractivity contribution < 1.29 is 4.74 Å². The summed E-state index contributed by atoms with van der Waals surface area (Å²) in [5.74, 6) is 0. The van der Waals surface area contributed by atoms with Crippen molar-refractivity contribution >= 4 is 11.3 Å². The molecule has 1 aromatic heterocycles. The number of thiazole rings is 1. The zero-order valence-corrected chi connectivity index (χ0v) is 12.3. The van der Waals surface area contributed by atoms with Crippen LogP contribution in [0.3, 0.4) is 0 Å². The van der Waals surface area contributed by atoms with Crippen LogP contribution in [-0.2, 0) is 11.2 Å². The second-order valence-electron chi connectivity index (χ2n) is 5.04. The molecule has 0 bridgehead atoms. The zero-order chi connectivity index (χ0) is 12.8. The zero-order valence-electron chi connectivity index (χ0n) is 11.5. The van der Waals surface area contributed by atoms with E-state index < -0.39 is 0 Å². The van der Waals surface area contributed by atoms with Gasteiger partial charge in [0, 0.05) is 31.5 Å². The Hall–Kier alpha value is -0.450. The number of aryl methyl sites for hydroxylation is 1. The summed E-state index contributed by atoms with van der Waals surface area (Å²) in [6, 6.07) is 0. The number of piperidine rings is 1. The van der Waals surface area contributed by atoms with Gasteiger partial charge in [-0.25, -0.2) is 4.98 Å². The van der Waals surface area contributed by atoms with Crippen LogP contribution >= 0.6 is 11.3 Å². The molecule has 1 aliphatic rings. The van der Waals surface area contributed by atoms with Crippen molar-refractivity contribution in [1.29, 1.82) is 0 Å². The Morgan fingerprint density at radius 3 is 3.17 bits per heavy atom. The fourth-order valence-corrected chi connectivity index (χ4v) is 3.08. The lowest BCUT2D eigenvalue weighted by atomic mass is 10.1. The van der Waals surface area contributed by atoms with Gasteiger partial charge in [0.2, 0.25) is 0 Å². The fraction of sp³-hybridized carbons (Fsp3) is 0.786. The standard InChI is InChI=1S/C14H24N2OS/c1-3-9-17-14-5-4-7-16(10-14)8-6-13-11-18-12(2)15-13/h11,14H,3-10H2,1-2H3. The van der Waals surface area contributed by atoms with E-state index in [9.17, 15) is 0 Å². The van der Waals surface area contributed by atoms with Crippen molar-refractivity contribution in [3.8, 4) is 0 Å². The first-order chi connectivity index (χ1) is 8.78. The second-order valence-corrected chi connectivity index (χ2v) is 6.11. The number of hydrogen-bond acceptors (Lipinski definition) is 4. The third kappa shape index (κ3) is 4.34. The molecule has 2 heterocycles. The molecule has 2 rings (SSSR count). The molecule has 0 N–H and O–H groups in total. The summed E-state index contributed by atoms with van der Waals surface area (Å²) in [7, 11) is 0. The van der Waals surface area contributed by atoms with E-state index in [4.69, 9.17) is 4.74 Å². The predicted octanol–water partition coefficient (Wildman–Crippen LogP) is 2.89. The summed E-state index contributed by atoms with van der Waals surface area (Å²) in [6.45, 7) is 8.59. The minimum Gasteiger partial charge on any atom is -0.377 e. The van der Waals surface area contributed by atoms with Gasteiger partial charge in [-0.1, -0.05) is 6.92 Å². The molecular weight excluding hydrogens is 244 g/mol. The maximum absolute atomic E-state index is 5.86. The van der Waals surface area contributed by atoms with Crippen molar-refractivity contribution in [2.45, 2.75) is 45.6 Å². The molecule has 18 heavy (non-hydrogen) atoms. The minimum absolute atomic E-state index is 0.455. The van der Waals surface area contributed by atoms with E-state index in [0.717, 1.165) is 32.5 Å². The molecule has 1 aromatic rings. The van der Waals surface area contributed by atoms with Crippen molar-refractivity contribution in [2.75, 3.05) is 26.2 Å². The van der Waals surface area contributed by atoms with E-state index in [0.29, 0.717) is 6.10 Å². The quantitative estimate of drug-likeness (QED) is 0.793. The molecule has 102 valence electrons.